The van der Waals surface area contributed by atoms with Gasteiger partial charge in [0.1, 0.15) is 0 Å². The highest BCUT2D eigenvalue weighted by Gasteiger charge is 2.30. The van der Waals surface area contributed by atoms with Crippen LogP contribution in [-0.4, -0.2) is 60.2 Å². The van der Waals surface area contributed by atoms with Crippen LogP contribution in [0.25, 0.3) is 10.2 Å². The molecule has 2 aromatic rings. The van der Waals surface area contributed by atoms with Crippen LogP contribution in [0.3, 0.4) is 0 Å². The second-order valence-electron chi connectivity index (χ2n) is 7.16. The molecule has 7 heteroatoms. The minimum absolute atomic E-state index is 0.159. The van der Waals surface area contributed by atoms with Gasteiger partial charge in [0.25, 0.3) is 0 Å². The smallest absolute Gasteiger partial charge is 0.319 e. The van der Waals surface area contributed by atoms with Crippen molar-refractivity contribution in [2.75, 3.05) is 33.4 Å². The molecule has 0 radical (unpaired) electrons. The molecule has 3 heterocycles. The Morgan fingerprint density at radius 1 is 1.27 bits per heavy atom. The monoisotopic (exact) mass is 393 g/mol. The lowest BCUT2D eigenvalue weighted by atomic mass is 9.97. The van der Waals surface area contributed by atoms with E-state index in [1.165, 1.54) is 9.71 Å². The van der Waals surface area contributed by atoms with Crippen molar-refractivity contribution in [2.24, 2.45) is 0 Å². The first-order valence-corrected chi connectivity index (χ1v) is 10.5. The molecule has 2 aliphatic rings. The molecule has 2 amide bonds. The fraction of sp³-hybridized carbons (Fsp3) is 0.579. The third-order valence-corrected chi connectivity index (χ3v) is 6.96. The minimum atomic E-state index is 0.159. The van der Waals surface area contributed by atoms with Crippen LogP contribution in [0, 0.1) is 0 Å². The second-order valence-corrected chi connectivity index (χ2v) is 8.66. The summed E-state index contributed by atoms with van der Waals surface area (Å²) in [6, 6.07) is 6.35. The van der Waals surface area contributed by atoms with Gasteiger partial charge >= 0.3 is 6.03 Å². The molecule has 140 valence electrons. The predicted molar refractivity (Wildman–Crippen MR) is 105 cm³/mol. The van der Waals surface area contributed by atoms with Gasteiger partial charge in [-0.05, 0) is 43.9 Å². The average molecular weight is 394 g/mol. The van der Waals surface area contributed by atoms with E-state index in [4.69, 9.17) is 21.3 Å². The van der Waals surface area contributed by atoms with Crippen molar-refractivity contribution in [1.82, 2.24) is 14.8 Å². The summed E-state index contributed by atoms with van der Waals surface area (Å²) in [5.74, 6) is 0.434. The molecule has 0 atom stereocenters. The van der Waals surface area contributed by atoms with Gasteiger partial charge < -0.3 is 14.5 Å². The van der Waals surface area contributed by atoms with Crippen LogP contribution >= 0.6 is 22.9 Å². The van der Waals surface area contributed by atoms with Gasteiger partial charge in [-0.3, -0.25) is 0 Å². The fourth-order valence-corrected chi connectivity index (χ4v) is 5.15. The maximum Gasteiger partial charge on any atom is 0.319 e. The summed E-state index contributed by atoms with van der Waals surface area (Å²) >= 11 is 7.82. The number of rotatable bonds is 2. The number of benzene rings is 1. The second kappa shape index (κ2) is 7.71. The van der Waals surface area contributed by atoms with E-state index in [-0.39, 0.29) is 6.03 Å². The molecule has 0 aliphatic carbocycles. The van der Waals surface area contributed by atoms with Crippen molar-refractivity contribution in [2.45, 2.75) is 37.6 Å². The van der Waals surface area contributed by atoms with Crippen molar-refractivity contribution in [3.8, 4) is 0 Å². The number of likely N-dealkylation sites (tertiary alicyclic amines) is 1. The molecule has 1 aromatic carbocycles. The molecule has 2 saturated heterocycles. The number of carbonyl (C=O) groups is 1. The number of ether oxygens (including phenoxy) is 1. The van der Waals surface area contributed by atoms with Gasteiger partial charge in [0.2, 0.25) is 0 Å². The Morgan fingerprint density at radius 3 is 2.73 bits per heavy atom. The van der Waals surface area contributed by atoms with Gasteiger partial charge in [-0.2, -0.15) is 0 Å². The Morgan fingerprint density at radius 2 is 2.00 bits per heavy atom. The van der Waals surface area contributed by atoms with E-state index >= 15 is 0 Å². The highest BCUT2D eigenvalue weighted by molar-refractivity contribution is 7.18. The van der Waals surface area contributed by atoms with Gasteiger partial charge in [0.15, 0.2) is 0 Å². The standard InChI is InChI=1S/C19H24ClN3O2S/c1-22(15-6-10-25-11-7-15)19(24)23-8-4-13(5-9-23)18-21-16-12-14(20)2-3-17(16)26-18/h2-3,12-13,15H,4-11H2,1H3. The first kappa shape index (κ1) is 18.0. The molecule has 26 heavy (non-hydrogen) atoms. The molecule has 1 aromatic heterocycles. The van der Waals surface area contributed by atoms with Crippen molar-refractivity contribution >= 4 is 39.2 Å². The molecule has 2 aliphatic heterocycles. The van der Waals surface area contributed by atoms with E-state index in [9.17, 15) is 4.79 Å². The lowest BCUT2D eigenvalue weighted by Crippen LogP contribution is -2.49. The number of halogens is 1. The van der Waals surface area contributed by atoms with Crippen LogP contribution in [0.15, 0.2) is 18.2 Å². The highest BCUT2D eigenvalue weighted by atomic mass is 35.5. The molecular weight excluding hydrogens is 370 g/mol. The number of urea groups is 1. The van der Waals surface area contributed by atoms with Gasteiger partial charge in [-0.25, -0.2) is 9.78 Å². The summed E-state index contributed by atoms with van der Waals surface area (Å²) in [6.45, 7) is 3.11. The number of nitrogens with zero attached hydrogens (tertiary/aromatic N) is 3. The number of hydrogen-bond donors (Lipinski definition) is 0. The molecule has 2 fully saturated rings. The number of thiazole rings is 1. The largest absolute Gasteiger partial charge is 0.381 e. The van der Waals surface area contributed by atoms with Crippen LogP contribution in [0.5, 0.6) is 0 Å². The van der Waals surface area contributed by atoms with Crippen LogP contribution in [0.2, 0.25) is 5.02 Å². The fourth-order valence-electron chi connectivity index (χ4n) is 3.86. The molecule has 0 unspecified atom stereocenters. The van der Waals surface area contributed by atoms with Crippen LogP contribution in [-0.2, 0) is 4.74 Å². The lowest BCUT2D eigenvalue weighted by molar-refractivity contribution is 0.0450. The van der Waals surface area contributed by atoms with Crippen molar-refractivity contribution in [3.63, 3.8) is 0 Å². The Kier molecular flexibility index (Phi) is 5.34. The number of piperidine rings is 1. The van der Waals surface area contributed by atoms with Gasteiger partial charge in [0.05, 0.1) is 15.2 Å². The van der Waals surface area contributed by atoms with Gasteiger partial charge in [-0.15, -0.1) is 11.3 Å². The third kappa shape index (κ3) is 3.68. The molecule has 0 bridgehead atoms. The predicted octanol–water partition coefficient (Wildman–Crippen LogP) is 4.36. The van der Waals surface area contributed by atoms with Crippen LogP contribution in [0.4, 0.5) is 4.79 Å². The number of hydrogen-bond acceptors (Lipinski definition) is 4. The molecule has 0 saturated carbocycles. The summed E-state index contributed by atoms with van der Waals surface area (Å²) < 4.78 is 6.59. The number of aromatic nitrogens is 1. The number of carbonyl (C=O) groups excluding carboxylic acids is 1. The van der Waals surface area contributed by atoms with E-state index in [2.05, 4.69) is 0 Å². The van der Waals surface area contributed by atoms with Crippen molar-refractivity contribution in [1.29, 1.82) is 0 Å². The highest BCUT2D eigenvalue weighted by Crippen LogP contribution is 2.35. The zero-order valence-corrected chi connectivity index (χ0v) is 16.6. The molecule has 4 rings (SSSR count). The quantitative estimate of drug-likeness (QED) is 0.761. The minimum Gasteiger partial charge on any atom is -0.381 e. The molecule has 5 nitrogen and oxygen atoms in total. The van der Waals surface area contributed by atoms with E-state index in [0.717, 1.165) is 62.5 Å². The van der Waals surface area contributed by atoms with Gasteiger partial charge in [0, 0.05) is 50.3 Å². The van der Waals surface area contributed by atoms with Crippen molar-refractivity contribution in [3.05, 3.63) is 28.2 Å². The van der Waals surface area contributed by atoms with Crippen LogP contribution < -0.4 is 0 Å². The van der Waals surface area contributed by atoms with E-state index < -0.39 is 0 Å². The molecule has 0 spiro atoms. The molecular formula is C19H24ClN3O2S. The van der Waals surface area contributed by atoms with Crippen molar-refractivity contribution < 1.29 is 9.53 Å². The zero-order valence-electron chi connectivity index (χ0n) is 15.0. The number of amides is 2. The maximum atomic E-state index is 12.8. The summed E-state index contributed by atoms with van der Waals surface area (Å²) in [7, 11) is 1.93. The van der Waals surface area contributed by atoms with E-state index in [0.29, 0.717) is 12.0 Å². The summed E-state index contributed by atoms with van der Waals surface area (Å²) in [5, 5.41) is 1.90. The summed E-state index contributed by atoms with van der Waals surface area (Å²) in [5.41, 5.74) is 0.982. The van der Waals surface area contributed by atoms with Gasteiger partial charge in [-0.1, -0.05) is 11.6 Å². The Labute approximate surface area is 162 Å². The Hall–Kier alpha value is -1.37. The maximum absolute atomic E-state index is 12.8. The first-order valence-electron chi connectivity index (χ1n) is 9.27. The third-order valence-electron chi connectivity index (χ3n) is 5.52. The molecule has 0 N–H and O–H groups in total. The zero-order chi connectivity index (χ0) is 18.1. The SMILES string of the molecule is CN(C(=O)N1CCC(c2nc3cc(Cl)ccc3s2)CC1)C1CCOCC1. The first-order chi connectivity index (χ1) is 12.6. The topological polar surface area (TPSA) is 45.7 Å². The Balaban J connectivity index is 1.37. The normalized spacial score (nSPS) is 19.8. The Bertz CT molecular complexity index is 782. The summed E-state index contributed by atoms with van der Waals surface area (Å²) in [6.07, 6.45) is 3.82. The summed E-state index contributed by atoms with van der Waals surface area (Å²) in [4.78, 5) is 21.5. The number of fused-ring (bicyclic) bond motifs is 1. The lowest BCUT2D eigenvalue weighted by Gasteiger charge is -2.38. The van der Waals surface area contributed by atoms with E-state index in [1.54, 1.807) is 11.3 Å². The average Bonchev–Trinajstić information content (AvgIpc) is 3.11. The van der Waals surface area contributed by atoms with Crippen LogP contribution in [0.1, 0.15) is 36.6 Å². The van der Waals surface area contributed by atoms with E-state index in [1.807, 2.05) is 35.0 Å².